The number of fused-ring (bicyclic) bond motifs is 2. The van der Waals surface area contributed by atoms with Crippen molar-refractivity contribution in [2.24, 2.45) is 0 Å². The third-order valence-corrected chi connectivity index (χ3v) is 7.76. The molecule has 1 aliphatic heterocycles. The molecule has 0 amide bonds. The fraction of sp³-hybridized carbons (Fsp3) is 0.0857. The number of aromatic carboxylic acids is 1. The molecule has 6 N–H and O–H groups in total. The minimum Gasteiger partial charge on any atom is -1.00 e. The lowest BCUT2D eigenvalue weighted by Gasteiger charge is -2.18. The molecule has 2 heterocycles. The quantitative estimate of drug-likeness (QED) is 0.0944. The number of aryl methyl sites for hydroxylation is 1. The SMILES string of the molecule is N=c1ccc(-c2ccc(NC(=S)Nc3ccc(-c4c5ccc(=O)cc-5oc5cc(O)ccc45)c(C(=O)O)c3)cc2)nn1CCCC(=O)O.[Br-]. The number of carbonyl (C=O) groups is 2. The molecule has 0 bridgehead atoms. The summed E-state index contributed by atoms with van der Waals surface area (Å²) in [4.78, 5) is 35.5. The highest BCUT2D eigenvalue weighted by Crippen LogP contribution is 2.42. The van der Waals surface area contributed by atoms with Gasteiger partial charge in [-0.25, -0.2) is 9.48 Å². The maximum atomic E-state index is 12.5. The summed E-state index contributed by atoms with van der Waals surface area (Å²) in [6.07, 6.45) is 0.347. The molecule has 1 aliphatic carbocycles. The molecule has 49 heavy (non-hydrogen) atoms. The van der Waals surface area contributed by atoms with Crippen molar-refractivity contribution in [3.8, 4) is 39.5 Å². The van der Waals surface area contributed by atoms with Crippen molar-refractivity contribution in [1.29, 1.82) is 5.41 Å². The van der Waals surface area contributed by atoms with Crippen molar-refractivity contribution in [1.82, 2.24) is 9.78 Å². The first kappa shape index (κ1) is 34.5. The Morgan fingerprint density at radius 1 is 0.878 bits per heavy atom. The summed E-state index contributed by atoms with van der Waals surface area (Å²) >= 11 is 5.51. The van der Waals surface area contributed by atoms with E-state index in [1.54, 1.807) is 48.5 Å². The predicted octanol–water partition coefficient (Wildman–Crippen LogP) is 2.99. The van der Waals surface area contributed by atoms with Gasteiger partial charge in [0, 0.05) is 58.5 Å². The molecular weight excluding hydrogens is 714 g/mol. The molecule has 0 saturated heterocycles. The number of aliphatic carboxylic acids is 1. The summed E-state index contributed by atoms with van der Waals surface area (Å²) in [6.45, 7) is 0.310. The largest absolute Gasteiger partial charge is 1.00 e. The molecule has 0 fully saturated rings. The molecule has 4 aromatic rings. The zero-order valence-electron chi connectivity index (χ0n) is 25.4. The van der Waals surface area contributed by atoms with E-state index in [4.69, 9.17) is 27.2 Å². The number of aromatic nitrogens is 2. The normalized spacial score (nSPS) is 10.8. The summed E-state index contributed by atoms with van der Waals surface area (Å²) in [5.41, 5.74) is 4.10. The van der Waals surface area contributed by atoms with Crippen LogP contribution in [0.2, 0.25) is 0 Å². The lowest BCUT2D eigenvalue weighted by atomic mass is 9.90. The summed E-state index contributed by atoms with van der Waals surface area (Å²) in [5.74, 6) is -1.87. The number of carboxylic acid groups (broad SMARTS) is 2. The van der Waals surface area contributed by atoms with Crippen LogP contribution in [0, 0.1) is 5.41 Å². The topological polar surface area (TPSA) is 191 Å². The Balaban J connectivity index is 0.00000468. The molecular formula is C35H27BrN5O7S-. The second-order valence-electron chi connectivity index (χ2n) is 10.9. The molecule has 0 unspecified atom stereocenters. The van der Waals surface area contributed by atoms with E-state index >= 15 is 0 Å². The van der Waals surface area contributed by atoms with Gasteiger partial charge in [0.15, 0.2) is 10.5 Å². The Kier molecular flexibility index (Phi) is 10.2. The highest BCUT2D eigenvalue weighted by Gasteiger charge is 2.22. The number of hydrogen-bond acceptors (Lipinski definition) is 8. The lowest BCUT2D eigenvalue weighted by molar-refractivity contribution is -0.137. The second kappa shape index (κ2) is 14.5. The van der Waals surface area contributed by atoms with Gasteiger partial charge in [-0.3, -0.25) is 15.0 Å². The molecule has 0 atom stereocenters. The average molecular weight is 742 g/mol. The van der Waals surface area contributed by atoms with Gasteiger partial charge in [-0.05, 0) is 84.9 Å². The summed E-state index contributed by atoms with van der Waals surface area (Å²) in [5, 5.41) is 48.6. The van der Waals surface area contributed by atoms with Crippen molar-refractivity contribution in [2.75, 3.05) is 10.6 Å². The Morgan fingerprint density at radius 2 is 1.59 bits per heavy atom. The van der Waals surface area contributed by atoms with Crippen LogP contribution >= 0.6 is 12.2 Å². The first-order chi connectivity index (χ1) is 23.0. The minimum absolute atomic E-state index is 0. The highest BCUT2D eigenvalue weighted by atomic mass is 79.9. The first-order valence-corrected chi connectivity index (χ1v) is 15.1. The van der Waals surface area contributed by atoms with Gasteiger partial charge in [0.25, 0.3) is 0 Å². The van der Waals surface area contributed by atoms with Gasteiger partial charge in [0.1, 0.15) is 22.6 Å². The van der Waals surface area contributed by atoms with Crippen LogP contribution in [0.25, 0.3) is 44.7 Å². The molecule has 0 radical (unpaired) electrons. The predicted molar refractivity (Wildman–Crippen MR) is 183 cm³/mol. The monoisotopic (exact) mass is 740 g/mol. The second-order valence-corrected chi connectivity index (χ2v) is 11.3. The molecule has 3 aromatic carbocycles. The third kappa shape index (κ3) is 7.66. The molecule has 1 aromatic heterocycles. The lowest BCUT2D eigenvalue weighted by Crippen LogP contribution is -3.00. The number of halogens is 1. The van der Waals surface area contributed by atoms with Gasteiger partial charge in [-0.2, -0.15) is 5.10 Å². The van der Waals surface area contributed by atoms with Crippen LogP contribution < -0.4 is 38.5 Å². The van der Waals surface area contributed by atoms with E-state index in [0.29, 0.717) is 52.1 Å². The number of carboxylic acids is 2. The standard InChI is InChI=1S/C35H27N5O7S.BrH/c36-31-14-13-28(39-40(31)15-1-2-32(43)44)19-3-5-20(6-4-19)37-35(48)38-21-7-10-24(27(16-21)34(45)46)33-25-11-8-22(41)17-29(25)47-30-18-23(42)9-12-26(30)33;/h3-14,16-18,36,41H,1-2,15H2,(H,43,44)(H,45,46)(H2,37,38,48);1H/p-1. The van der Waals surface area contributed by atoms with Crippen LogP contribution in [-0.2, 0) is 11.3 Å². The summed E-state index contributed by atoms with van der Waals surface area (Å²) < 4.78 is 7.36. The molecule has 14 heteroatoms. The number of anilines is 2. The van der Waals surface area contributed by atoms with Crippen molar-refractivity contribution >= 4 is 51.6 Å². The van der Waals surface area contributed by atoms with Gasteiger partial charge in [-0.1, -0.05) is 18.2 Å². The number of hydrogen-bond donors (Lipinski definition) is 6. The number of benzene rings is 4. The number of nitrogens with zero attached hydrogens (tertiary/aromatic N) is 2. The summed E-state index contributed by atoms with van der Waals surface area (Å²) in [7, 11) is 0. The van der Waals surface area contributed by atoms with Gasteiger partial charge >= 0.3 is 11.9 Å². The van der Waals surface area contributed by atoms with E-state index in [-0.39, 0.29) is 62.1 Å². The molecule has 0 saturated carbocycles. The fourth-order valence-corrected chi connectivity index (χ4v) is 5.59. The van der Waals surface area contributed by atoms with E-state index in [1.807, 2.05) is 12.1 Å². The number of rotatable bonds is 9. The smallest absolute Gasteiger partial charge is 0.336 e. The Hall–Kier alpha value is -5.86. The molecule has 6 rings (SSSR count). The fourth-order valence-electron chi connectivity index (χ4n) is 5.35. The maximum absolute atomic E-state index is 12.5. The Labute approximate surface area is 293 Å². The number of phenols is 1. The van der Waals surface area contributed by atoms with Crippen molar-refractivity contribution in [2.45, 2.75) is 19.4 Å². The van der Waals surface area contributed by atoms with Crippen molar-refractivity contribution in [3.05, 3.63) is 112 Å². The van der Waals surface area contributed by atoms with Crippen LogP contribution in [0.5, 0.6) is 5.75 Å². The van der Waals surface area contributed by atoms with Gasteiger partial charge < -0.3 is 47.4 Å². The van der Waals surface area contributed by atoms with E-state index in [1.165, 1.54) is 35.0 Å². The molecule has 2 aliphatic rings. The zero-order valence-corrected chi connectivity index (χ0v) is 27.8. The van der Waals surface area contributed by atoms with Crippen molar-refractivity contribution in [3.63, 3.8) is 0 Å². The highest BCUT2D eigenvalue weighted by molar-refractivity contribution is 7.80. The zero-order chi connectivity index (χ0) is 33.9. The van der Waals surface area contributed by atoms with Crippen molar-refractivity contribution < 1.29 is 46.3 Å². The van der Waals surface area contributed by atoms with Crippen LogP contribution in [0.4, 0.5) is 11.4 Å². The minimum atomic E-state index is -1.18. The van der Waals surface area contributed by atoms with E-state index < -0.39 is 11.9 Å². The van der Waals surface area contributed by atoms with Crippen LogP contribution in [0.3, 0.4) is 0 Å². The van der Waals surface area contributed by atoms with E-state index in [9.17, 15) is 24.6 Å². The first-order valence-electron chi connectivity index (χ1n) is 14.7. The number of thiocarbonyl (C=S) groups is 1. The van der Waals surface area contributed by atoms with Gasteiger partial charge in [0.2, 0.25) is 0 Å². The molecule has 0 spiro atoms. The van der Waals surface area contributed by atoms with Crippen LogP contribution in [0.1, 0.15) is 23.2 Å². The molecule has 12 nitrogen and oxygen atoms in total. The number of nitrogens with one attached hydrogen (secondary N) is 3. The number of aromatic hydroxyl groups is 1. The third-order valence-electron chi connectivity index (χ3n) is 7.56. The Morgan fingerprint density at radius 3 is 2.33 bits per heavy atom. The maximum Gasteiger partial charge on any atom is 0.336 e. The summed E-state index contributed by atoms with van der Waals surface area (Å²) in [6, 6.07) is 24.2. The Bertz CT molecular complexity index is 2320. The van der Waals surface area contributed by atoms with Gasteiger partial charge in [0.05, 0.1) is 11.3 Å². The molecule has 248 valence electrons. The van der Waals surface area contributed by atoms with Crippen LogP contribution in [0.15, 0.2) is 100 Å². The average Bonchev–Trinajstić information content (AvgIpc) is 3.04. The van der Waals surface area contributed by atoms with Crippen LogP contribution in [-0.4, -0.2) is 42.2 Å². The van der Waals surface area contributed by atoms with E-state index in [0.717, 1.165) is 5.56 Å². The number of phenolic OH excluding ortho intramolecular Hbond substituents is 1. The van der Waals surface area contributed by atoms with Gasteiger partial charge in [-0.15, -0.1) is 0 Å². The van der Waals surface area contributed by atoms with E-state index in [2.05, 4.69) is 15.7 Å².